The Balaban J connectivity index is 2.06. The molecule has 0 spiro atoms. The van der Waals surface area contributed by atoms with Gasteiger partial charge in [-0.25, -0.2) is 0 Å². The predicted molar refractivity (Wildman–Crippen MR) is 73.7 cm³/mol. The van der Waals surface area contributed by atoms with Gasteiger partial charge in [-0.15, -0.1) is 0 Å². The lowest BCUT2D eigenvalue weighted by atomic mass is 9.82. The van der Waals surface area contributed by atoms with Crippen molar-refractivity contribution in [1.82, 2.24) is 0 Å². The van der Waals surface area contributed by atoms with Gasteiger partial charge in [-0.05, 0) is 31.2 Å². The Bertz CT molecular complexity index is 388. The summed E-state index contributed by atoms with van der Waals surface area (Å²) in [5.74, 6) is 0.580. The van der Waals surface area contributed by atoms with Crippen molar-refractivity contribution in [2.45, 2.75) is 38.4 Å². The maximum absolute atomic E-state index is 10.0. The second-order valence-electron chi connectivity index (χ2n) is 5.35. The molecular formula is C15H23NO2. The molecule has 1 atom stereocenters. The van der Waals surface area contributed by atoms with Crippen molar-refractivity contribution in [2.24, 2.45) is 5.92 Å². The van der Waals surface area contributed by atoms with E-state index in [2.05, 4.69) is 18.0 Å². The molecule has 0 saturated heterocycles. The summed E-state index contributed by atoms with van der Waals surface area (Å²) < 4.78 is 0. The second-order valence-corrected chi connectivity index (χ2v) is 5.35. The lowest BCUT2D eigenvalue weighted by Crippen LogP contribution is -2.37. The number of hydrogen-bond donors (Lipinski definition) is 2. The van der Waals surface area contributed by atoms with Gasteiger partial charge in [0.25, 0.3) is 0 Å². The average molecular weight is 249 g/mol. The van der Waals surface area contributed by atoms with Crippen molar-refractivity contribution < 1.29 is 10.2 Å². The Morgan fingerprint density at radius 1 is 1.33 bits per heavy atom. The number of aliphatic hydroxyl groups excluding tert-OH is 2. The van der Waals surface area contributed by atoms with E-state index < -0.39 is 6.10 Å². The van der Waals surface area contributed by atoms with E-state index in [0.29, 0.717) is 5.92 Å². The van der Waals surface area contributed by atoms with Crippen LogP contribution >= 0.6 is 0 Å². The first-order valence-corrected chi connectivity index (χ1v) is 6.78. The fourth-order valence-corrected chi connectivity index (χ4v) is 2.67. The summed E-state index contributed by atoms with van der Waals surface area (Å²) >= 11 is 0. The number of hydrogen-bond acceptors (Lipinski definition) is 3. The van der Waals surface area contributed by atoms with Crippen molar-refractivity contribution in [1.29, 1.82) is 0 Å². The molecule has 1 saturated carbocycles. The zero-order valence-electron chi connectivity index (χ0n) is 11.2. The summed E-state index contributed by atoms with van der Waals surface area (Å²) in [6, 6.07) is 8.03. The minimum atomic E-state index is -0.393. The highest BCUT2D eigenvalue weighted by Crippen LogP contribution is 2.32. The SMILES string of the molecule is CC[C@H](O)c1ccccc1N(C)CC1CC(O)C1. The zero-order valence-corrected chi connectivity index (χ0v) is 11.2. The van der Waals surface area contributed by atoms with E-state index in [0.717, 1.165) is 37.1 Å². The maximum atomic E-state index is 10.0. The Labute approximate surface area is 109 Å². The van der Waals surface area contributed by atoms with Crippen LogP contribution in [0.25, 0.3) is 0 Å². The highest BCUT2D eigenvalue weighted by atomic mass is 16.3. The molecule has 2 N–H and O–H groups in total. The van der Waals surface area contributed by atoms with Crippen LogP contribution in [-0.4, -0.2) is 29.9 Å². The summed E-state index contributed by atoms with van der Waals surface area (Å²) in [6.45, 7) is 2.94. The Kier molecular flexibility index (Phi) is 4.25. The molecule has 0 bridgehead atoms. The lowest BCUT2D eigenvalue weighted by molar-refractivity contribution is 0.0464. The first kappa shape index (κ1) is 13.4. The Morgan fingerprint density at radius 3 is 2.61 bits per heavy atom. The van der Waals surface area contributed by atoms with Gasteiger partial charge in [0.15, 0.2) is 0 Å². The van der Waals surface area contributed by atoms with E-state index >= 15 is 0 Å². The largest absolute Gasteiger partial charge is 0.393 e. The third-order valence-electron chi connectivity index (χ3n) is 3.84. The van der Waals surface area contributed by atoms with E-state index in [9.17, 15) is 10.2 Å². The number of nitrogens with zero attached hydrogens (tertiary/aromatic N) is 1. The topological polar surface area (TPSA) is 43.7 Å². The van der Waals surface area contributed by atoms with Crippen molar-refractivity contribution in [3.05, 3.63) is 29.8 Å². The van der Waals surface area contributed by atoms with E-state index in [4.69, 9.17) is 0 Å². The van der Waals surface area contributed by atoms with Crippen LogP contribution in [0.15, 0.2) is 24.3 Å². The molecule has 3 heteroatoms. The number of rotatable bonds is 5. The van der Waals surface area contributed by atoms with Crippen LogP contribution in [-0.2, 0) is 0 Å². The molecule has 0 amide bonds. The molecule has 1 aliphatic rings. The van der Waals surface area contributed by atoms with Gasteiger partial charge in [0.2, 0.25) is 0 Å². The normalized spacial score (nSPS) is 24.4. The van der Waals surface area contributed by atoms with Gasteiger partial charge in [0.05, 0.1) is 12.2 Å². The predicted octanol–water partition coefficient (Wildman–Crippen LogP) is 2.34. The van der Waals surface area contributed by atoms with Gasteiger partial charge in [0.1, 0.15) is 0 Å². The summed E-state index contributed by atoms with van der Waals surface area (Å²) in [6.07, 6.45) is 2.05. The standard InChI is InChI=1S/C15H23NO2/c1-3-15(18)13-6-4-5-7-14(13)16(2)10-11-8-12(17)9-11/h4-7,11-12,15,17-18H,3,8-10H2,1-2H3/t11?,12?,15-/m0/s1. The number of aliphatic hydroxyl groups is 2. The molecular weight excluding hydrogens is 226 g/mol. The highest BCUT2D eigenvalue weighted by Gasteiger charge is 2.28. The molecule has 1 fully saturated rings. The second kappa shape index (κ2) is 5.72. The van der Waals surface area contributed by atoms with Gasteiger partial charge < -0.3 is 15.1 Å². The summed E-state index contributed by atoms with van der Waals surface area (Å²) in [7, 11) is 2.06. The Morgan fingerprint density at radius 2 is 2.00 bits per heavy atom. The third kappa shape index (κ3) is 2.85. The first-order valence-electron chi connectivity index (χ1n) is 6.78. The smallest absolute Gasteiger partial charge is 0.0807 e. The first-order chi connectivity index (χ1) is 8.61. The van der Waals surface area contributed by atoms with Gasteiger partial charge in [-0.1, -0.05) is 25.1 Å². The van der Waals surface area contributed by atoms with Crippen molar-refractivity contribution in [2.75, 3.05) is 18.5 Å². The van der Waals surface area contributed by atoms with E-state index in [-0.39, 0.29) is 6.10 Å². The summed E-state index contributed by atoms with van der Waals surface area (Å²) in [4.78, 5) is 2.20. The molecule has 3 nitrogen and oxygen atoms in total. The molecule has 1 aromatic rings. The Hall–Kier alpha value is -1.06. The third-order valence-corrected chi connectivity index (χ3v) is 3.84. The molecule has 1 aliphatic carbocycles. The molecule has 0 aromatic heterocycles. The molecule has 0 unspecified atom stereocenters. The van der Waals surface area contributed by atoms with Crippen LogP contribution in [0.3, 0.4) is 0 Å². The van der Waals surface area contributed by atoms with Crippen molar-refractivity contribution in [3.63, 3.8) is 0 Å². The maximum Gasteiger partial charge on any atom is 0.0807 e. The summed E-state index contributed by atoms with van der Waals surface area (Å²) in [5.41, 5.74) is 2.11. The molecule has 0 heterocycles. The quantitative estimate of drug-likeness (QED) is 0.842. The van der Waals surface area contributed by atoms with Gasteiger partial charge in [0, 0.05) is 24.8 Å². The number of anilines is 1. The fourth-order valence-electron chi connectivity index (χ4n) is 2.67. The molecule has 1 aromatic carbocycles. The molecule has 2 rings (SSSR count). The van der Waals surface area contributed by atoms with Gasteiger partial charge in [-0.2, -0.15) is 0 Å². The number of para-hydroxylation sites is 1. The van der Waals surface area contributed by atoms with E-state index in [1.807, 2.05) is 25.1 Å². The van der Waals surface area contributed by atoms with Crippen LogP contribution in [0, 0.1) is 5.92 Å². The minimum absolute atomic E-state index is 0.0973. The van der Waals surface area contributed by atoms with Crippen molar-refractivity contribution in [3.8, 4) is 0 Å². The van der Waals surface area contributed by atoms with Crippen LogP contribution in [0.2, 0.25) is 0 Å². The van der Waals surface area contributed by atoms with E-state index in [1.165, 1.54) is 0 Å². The molecule has 0 radical (unpaired) electrons. The summed E-state index contributed by atoms with van der Waals surface area (Å²) in [5, 5.41) is 19.4. The fraction of sp³-hybridized carbons (Fsp3) is 0.600. The number of benzene rings is 1. The zero-order chi connectivity index (χ0) is 13.1. The van der Waals surface area contributed by atoms with Gasteiger partial charge in [-0.3, -0.25) is 0 Å². The lowest BCUT2D eigenvalue weighted by Gasteiger charge is -2.36. The molecule has 100 valence electrons. The molecule has 18 heavy (non-hydrogen) atoms. The molecule has 0 aliphatic heterocycles. The van der Waals surface area contributed by atoms with Crippen LogP contribution in [0.1, 0.15) is 37.9 Å². The average Bonchev–Trinajstić information content (AvgIpc) is 2.36. The van der Waals surface area contributed by atoms with Gasteiger partial charge >= 0.3 is 0 Å². The van der Waals surface area contributed by atoms with Crippen LogP contribution in [0.5, 0.6) is 0 Å². The van der Waals surface area contributed by atoms with Crippen LogP contribution < -0.4 is 4.90 Å². The van der Waals surface area contributed by atoms with Crippen LogP contribution in [0.4, 0.5) is 5.69 Å². The minimum Gasteiger partial charge on any atom is -0.393 e. The van der Waals surface area contributed by atoms with Crippen molar-refractivity contribution >= 4 is 5.69 Å². The highest BCUT2D eigenvalue weighted by molar-refractivity contribution is 5.54. The monoisotopic (exact) mass is 249 g/mol. The van der Waals surface area contributed by atoms with E-state index in [1.54, 1.807) is 0 Å².